The van der Waals surface area contributed by atoms with Crippen molar-refractivity contribution < 1.29 is 9.18 Å². The van der Waals surface area contributed by atoms with E-state index in [2.05, 4.69) is 25.6 Å². The van der Waals surface area contributed by atoms with E-state index in [1.807, 2.05) is 30.3 Å². The molecule has 1 amide bonds. The highest BCUT2D eigenvalue weighted by Gasteiger charge is 2.13. The van der Waals surface area contributed by atoms with Crippen molar-refractivity contribution in [2.75, 3.05) is 10.6 Å². The van der Waals surface area contributed by atoms with Crippen molar-refractivity contribution in [2.45, 2.75) is 6.92 Å². The summed E-state index contributed by atoms with van der Waals surface area (Å²) >= 11 is 0. The number of hydrogen-bond donors (Lipinski definition) is 2. The topological polar surface area (TPSA) is 79.8 Å². The van der Waals surface area contributed by atoms with Gasteiger partial charge in [-0.15, -0.1) is 0 Å². The third kappa shape index (κ3) is 3.64. The molecule has 6 nitrogen and oxygen atoms in total. The number of pyridine rings is 1. The number of aryl methyl sites for hydroxylation is 1. The lowest BCUT2D eigenvalue weighted by Gasteiger charge is -2.10. The van der Waals surface area contributed by atoms with E-state index in [4.69, 9.17) is 0 Å². The number of aromatic nitrogens is 3. The van der Waals surface area contributed by atoms with Gasteiger partial charge in [-0.05, 0) is 37.3 Å². The summed E-state index contributed by atoms with van der Waals surface area (Å²) in [5.74, 6) is -0.770. The molecular weight excluding hydrogens is 357 g/mol. The third-order valence-corrected chi connectivity index (χ3v) is 4.09. The highest BCUT2D eigenvalue weighted by Crippen LogP contribution is 2.23. The molecule has 0 unspecified atom stereocenters. The predicted octanol–water partition coefficient (Wildman–Crippen LogP) is 4.47. The summed E-state index contributed by atoms with van der Waals surface area (Å²) in [6.45, 7) is 1.76. The van der Waals surface area contributed by atoms with Crippen molar-refractivity contribution in [3.05, 3.63) is 84.1 Å². The molecular formula is C21H16FN5O. The van der Waals surface area contributed by atoms with Gasteiger partial charge in [0.25, 0.3) is 5.91 Å². The van der Waals surface area contributed by atoms with Crippen LogP contribution in [0.5, 0.6) is 0 Å². The van der Waals surface area contributed by atoms with Gasteiger partial charge in [-0.1, -0.05) is 30.3 Å². The van der Waals surface area contributed by atoms with Gasteiger partial charge in [0.15, 0.2) is 0 Å². The fourth-order valence-corrected chi connectivity index (χ4v) is 2.82. The van der Waals surface area contributed by atoms with Crippen LogP contribution in [0.25, 0.3) is 10.9 Å². The second-order valence-corrected chi connectivity index (χ2v) is 6.16. The number of rotatable bonds is 4. The molecule has 0 spiro atoms. The number of nitrogens with zero attached hydrogens (tertiary/aromatic N) is 3. The summed E-state index contributed by atoms with van der Waals surface area (Å²) in [5, 5.41) is 6.62. The molecule has 0 atom stereocenters. The number of benzene rings is 2. The first-order valence-corrected chi connectivity index (χ1v) is 8.62. The highest BCUT2D eigenvalue weighted by atomic mass is 19.1. The average Bonchev–Trinajstić information content (AvgIpc) is 2.69. The van der Waals surface area contributed by atoms with E-state index < -0.39 is 11.7 Å². The quantitative estimate of drug-likeness (QED) is 0.552. The fourth-order valence-electron chi connectivity index (χ4n) is 2.82. The van der Waals surface area contributed by atoms with Crippen LogP contribution in [-0.4, -0.2) is 20.9 Å². The lowest BCUT2D eigenvalue weighted by atomic mass is 10.2. The normalized spacial score (nSPS) is 10.6. The van der Waals surface area contributed by atoms with Crippen LogP contribution < -0.4 is 10.6 Å². The van der Waals surface area contributed by atoms with Crippen molar-refractivity contribution in [3.8, 4) is 0 Å². The molecule has 0 aliphatic carbocycles. The van der Waals surface area contributed by atoms with Gasteiger partial charge in [0.1, 0.15) is 11.5 Å². The Hall–Kier alpha value is -3.87. The molecule has 28 heavy (non-hydrogen) atoms. The monoisotopic (exact) mass is 373 g/mol. The first kappa shape index (κ1) is 17.5. The zero-order valence-electron chi connectivity index (χ0n) is 15.0. The second-order valence-electron chi connectivity index (χ2n) is 6.16. The maximum atomic E-state index is 13.8. The Morgan fingerprint density at radius 2 is 1.75 bits per heavy atom. The predicted molar refractivity (Wildman–Crippen MR) is 106 cm³/mol. The smallest absolute Gasteiger partial charge is 0.274 e. The Balaban J connectivity index is 1.64. The van der Waals surface area contributed by atoms with E-state index in [0.29, 0.717) is 5.69 Å². The van der Waals surface area contributed by atoms with Gasteiger partial charge in [-0.25, -0.2) is 14.4 Å². The first-order chi connectivity index (χ1) is 13.6. The largest absolute Gasteiger partial charge is 0.322 e. The molecule has 7 heteroatoms. The molecule has 0 radical (unpaired) electrons. The molecule has 0 bridgehead atoms. The second kappa shape index (κ2) is 7.40. The van der Waals surface area contributed by atoms with Crippen LogP contribution >= 0.6 is 0 Å². The Morgan fingerprint density at radius 3 is 2.61 bits per heavy atom. The maximum Gasteiger partial charge on any atom is 0.274 e. The van der Waals surface area contributed by atoms with Gasteiger partial charge in [0, 0.05) is 17.3 Å². The Labute approximate surface area is 160 Å². The van der Waals surface area contributed by atoms with E-state index in [1.165, 1.54) is 12.1 Å². The van der Waals surface area contributed by atoms with Gasteiger partial charge in [-0.3, -0.25) is 9.78 Å². The zero-order chi connectivity index (χ0) is 19.5. The molecule has 2 heterocycles. The maximum absolute atomic E-state index is 13.8. The molecule has 0 saturated carbocycles. The SMILES string of the molecule is Cc1cc(C(=O)Nc2ccccc2F)nc(Nc2cccc3cccnc23)n1. The minimum atomic E-state index is -0.519. The minimum Gasteiger partial charge on any atom is -0.322 e. The Kier molecular flexibility index (Phi) is 4.63. The number of nitrogens with one attached hydrogen (secondary N) is 2. The summed E-state index contributed by atoms with van der Waals surface area (Å²) < 4.78 is 13.8. The summed E-state index contributed by atoms with van der Waals surface area (Å²) in [7, 11) is 0. The van der Waals surface area contributed by atoms with Crippen LogP contribution in [0.4, 0.5) is 21.7 Å². The summed E-state index contributed by atoms with van der Waals surface area (Å²) in [5.41, 5.74) is 2.32. The molecule has 0 aliphatic heterocycles. The van der Waals surface area contributed by atoms with E-state index in [1.54, 1.807) is 31.3 Å². The number of fused-ring (bicyclic) bond motifs is 1. The lowest BCUT2D eigenvalue weighted by molar-refractivity contribution is 0.102. The van der Waals surface area contributed by atoms with Gasteiger partial charge < -0.3 is 10.6 Å². The molecule has 2 aromatic heterocycles. The number of carbonyl (C=O) groups is 1. The summed E-state index contributed by atoms with van der Waals surface area (Å²) in [6.07, 6.45) is 1.71. The molecule has 0 aliphatic rings. The molecule has 4 rings (SSSR count). The van der Waals surface area contributed by atoms with E-state index >= 15 is 0 Å². The van der Waals surface area contributed by atoms with Crippen molar-refractivity contribution >= 4 is 34.1 Å². The molecule has 0 saturated heterocycles. The summed E-state index contributed by atoms with van der Waals surface area (Å²) in [4.78, 5) is 25.5. The average molecular weight is 373 g/mol. The van der Waals surface area contributed by atoms with Gasteiger partial charge >= 0.3 is 0 Å². The zero-order valence-corrected chi connectivity index (χ0v) is 15.0. The van der Waals surface area contributed by atoms with Crippen molar-refractivity contribution in [3.63, 3.8) is 0 Å². The van der Waals surface area contributed by atoms with Crippen LogP contribution in [-0.2, 0) is 0 Å². The molecule has 2 aromatic carbocycles. The summed E-state index contributed by atoms with van der Waals surface area (Å²) in [6, 6.07) is 17.0. The van der Waals surface area contributed by atoms with E-state index in [9.17, 15) is 9.18 Å². The van der Waals surface area contributed by atoms with Gasteiger partial charge in [0.05, 0.1) is 16.9 Å². The van der Waals surface area contributed by atoms with Gasteiger partial charge in [-0.2, -0.15) is 0 Å². The molecule has 2 N–H and O–H groups in total. The van der Waals surface area contributed by atoms with Crippen LogP contribution in [0, 0.1) is 12.7 Å². The number of amides is 1. The van der Waals surface area contributed by atoms with Gasteiger partial charge in [0.2, 0.25) is 5.95 Å². The molecule has 138 valence electrons. The lowest BCUT2D eigenvalue weighted by Crippen LogP contribution is -2.16. The highest BCUT2D eigenvalue weighted by molar-refractivity contribution is 6.03. The Bertz CT molecular complexity index is 1170. The van der Waals surface area contributed by atoms with Crippen molar-refractivity contribution in [1.29, 1.82) is 0 Å². The van der Waals surface area contributed by atoms with Crippen LogP contribution in [0.1, 0.15) is 16.2 Å². The molecule has 0 fully saturated rings. The third-order valence-electron chi connectivity index (χ3n) is 4.09. The minimum absolute atomic E-state index is 0.0940. The number of hydrogen-bond acceptors (Lipinski definition) is 5. The number of carbonyl (C=O) groups excluding carboxylic acids is 1. The van der Waals surface area contributed by atoms with Crippen molar-refractivity contribution in [2.24, 2.45) is 0 Å². The fraction of sp³-hybridized carbons (Fsp3) is 0.0476. The van der Waals surface area contributed by atoms with Crippen LogP contribution in [0.2, 0.25) is 0 Å². The van der Waals surface area contributed by atoms with Crippen LogP contribution in [0.3, 0.4) is 0 Å². The number of para-hydroxylation sites is 2. The van der Waals surface area contributed by atoms with E-state index in [-0.39, 0.29) is 17.3 Å². The Morgan fingerprint density at radius 1 is 0.964 bits per heavy atom. The standard InChI is InChI=1S/C21H16FN5O/c1-13-12-18(20(28)25-16-9-3-2-8-15(16)22)27-21(24-13)26-17-10-4-6-14-7-5-11-23-19(14)17/h2-12H,1H3,(H,25,28)(H,24,26,27). The van der Waals surface area contributed by atoms with Crippen LogP contribution in [0.15, 0.2) is 66.9 Å². The number of halogens is 1. The number of anilines is 3. The first-order valence-electron chi connectivity index (χ1n) is 8.62. The molecule has 4 aromatic rings. The van der Waals surface area contributed by atoms with Crippen molar-refractivity contribution in [1.82, 2.24) is 15.0 Å². The van der Waals surface area contributed by atoms with E-state index in [0.717, 1.165) is 16.6 Å².